The predicted molar refractivity (Wildman–Crippen MR) is 70.3 cm³/mol. The summed E-state index contributed by atoms with van der Waals surface area (Å²) in [7, 11) is 0. The molecule has 3 N–H and O–H groups in total. The highest BCUT2D eigenvalue weighted by atomic mass is 16.1. The van der Waals surface area contributed by atoms with Crippen molar-refractivity contribution in [3.05, 3.63) is 47.5 Å². The van der Waals surface area contributed by atoms with Gasteiger partial charge < -0.3 is 11.1 Å². The van der Waals surface area contributed by atoms with Crippen molar-refractivity contribution in [2.75, 3.05) is 11.1 Å². The molecule has 1 heterocycles. The number of aromatic nitrogens is 2. The number of carbonyl (C=O) groups is 1. The van der Waals surface area contributed by atoms with E-state index >= 15 is 0 Å². The fourth-order valence-electron chi connectivity index (χ4n) is 1.58. The fourth-order valence-corrected chi connectivity index (χ4v) is 1.58. The topological polar surface area (TPSA) is 80.9 Å². The van der Waals surface area contributed by atoms with Crippen molar-refractivity contribution < 1.29 is 4.79 Å². The SMILES string of the molecule is Cc1cc(NC(=O)c2cnccn2)c(C)cc1N. The Morgan fingerprint density at radius 2 is 2.00 bits per heavy atom. The van der Waals surface area contributed by atoms with E-state index in [2.05, 4.69) is 15.3 Å². The molecule has 0 aliphatic rings. The fraction of sp³-hybridized carbons (Fsp3) is 0.154. The third kappa shape index (κ3) is 2.45. The lowest BCUT2D eigenvalue weighted by molar-refractivity contribution is 0.102. The van der Waals surface area contributed by atoms with Gasteiger partial charge in [-0.05, 0) is 37.1 Å². The number of benzene rings is 1. The van der Waals surface area contributed by atoms with E-state index in [0.717, 1.165) is 16.8 Å². The van der Waals surface area contributed by atoms with Gasteiger partial charge in [0.15, 0.2) is 0 Å². The molecule has 2 rings (SSSR count). The first kappa shape index (κ1) is 12.0. The summed E-state index contributed by atoms with van der Waals surface area (Å²) in [6.45, 7) is 3.79. The van der Waals surface area contributed by atoms with Gasteiger partial charge in [0, 0.05) is 23.8 Å². The van der Waals surface area contributed by atoms with Gasteiger partial charge in [-0.2, -0.15) is 0 Å². The van der Waals surface area contributed by atoms with E-state index in [1.165, 1.54) is 18.6 Å². The largest absolute Gasteiger partial charge is 0.399 e. The summed E-state index contributed by atoms with van der Waals surface area (Å²) in [5.74, 6) is -0.282. The van der Waals surface area contributed by atoms with Crippen molar-refractivity contribution in [1.29, 1.82) is 0 Å². The Morgan fingerprint density at radius 3 is 2.67 bits per heavy atom. The third-order valence-electron chi connectivity index (χ3n) is 2.66. The van der Waals surface area contributed by atoms with E-state index in [9.17, 15) is 4.79 Å². The van der Waals surface area contributed by atoms with Crippen LogP contribution in [0.3, 0.4) is 0 Å². The number of rotatable bonds is 2. The van der Waals surface area contributed by atoms with Crippen LogP contribution >= 0.6 is 0 Å². The molecule has 0 spiro atoms. The van der Waals surface area contributed by atoms with Crippen molar-refractivity contribution in [2.24, 2.45) is 0 Å². The normalized spacial score (nSPS) is 10.1. The maximum absolute atomic E-state index is 11.9. The van der Waals surface area contributed by atoms with Crippen molar-refractivity contribution in [3.8, 4) is 0 Å². The van der Waals surface area contributed by atoms with Crippen LogP contribution in [-0.2, 0) is 0 Å². The van der Waals surface area contributed by atoms with E-state index in [1.807, 2.05) is 26.0 Å². The Morgan fingerprint density at radius 1 is 1.22 bits per heavy atom. The average molecular weight is 242 g/mol. The number of nitrogens with one attached hydrogen (secondary N) is 1. The summed E-state index contributed by atoms with van der Waals surface area (Å²) in [6, 6.07) is 3.68. The molecule has 1 amide bonds. The number of nitrogens with two attached hydrogens (primary N) is 1. The monoisotopic (exact) mass is 242 g/mol. The van der Waals surface area contributed by atoms with Gasteiger partial charge >= 0.3 is 0 Å². The number of carbonyl (C=O) groups excluding carboxylic acids is 1. The zero-order chi connectivity index (χ0) is 13.1. The Balaban J connectivity index is 2.25. The standard InChI is InChI=1S/C13H14N4O/c1-8-6-11(9(2)5-10(8)14)17-13(18)12-7-15-3-4-16-12/h3-7H,14H2,1-2H3,(H,17,18). The highest BCUT2D eigenvalue weighted by molar-refractivity contribution is 6.03. The number of nitrogens with zero attached hydrogens (tertiary/aromatic N) is 2. The minimum Gasteiger partial charge on any atom is -0.399 e. The molecule has 1 aromatic carbocycles. The Bertz CT molecular complexity index is 581. The highest BCUT2D eigenvalue weighted by Gasteiger charge is 2.10. The van der Waals surface area contributed by atoms with Crippen LogP contribution in [0.4, 0.5) is 11.4 Å². The molecule has 0 bridgehead atoms. The van der Waals surface area contributed by atoms with Gasteiger partial charge in [0.2, 0.25) is 0 Å². The summed E-state index contributed by atoms with van der Waals surface area (Å²) < 4.78 is 0. The van der Waals surface area contributed by atoms with E-state index in [4.69, 9.17) is 5.73 Å². The van der Waals surface area contributed by atoms with Gasteiger partial charge in [0.05, 0.1) is 6.20 Å². The first-order valence-electron chi connectivity index (χ1n) is 5.52. The summed E-state index contributed by atoms with van der Waals surface area (Å²) in [5, 5.41) is 2.80. The molecule has 18 heavy (non-hydrogen) atoms. The van der Waals surface area contributed by atoms with E-state index < -0.39 is 0 Å². The van der Waals surface area contributed by atoms with Gasteiger partial charge in [0.25, 0.3) is 5.91 Å². The number of nitrogen functional groups attached to an aromatic ring is 1. The smallest absolute Gasteiger partial charge is 0.275 e. The van der Waals surface area contributed by atoms with Crippen LogP contribution in [0.25, 0.3) is 0 Å². The highest BCUT2D eigenvalue weighted by Crippen LogP contribution is 2.22. The maximum Gasteiger partial charge on any atom is 0.275 e. The number of aryl methyl sites for hydroxylation is 2. The number of hydrogen-bond donors (Lipinski definition) is 2. The average Bonchev–Trinajstić information content (AvgIpc) is 2.37. The van der Waals surface area contributed by atoms with Gasteiger partial charge in [-0.1, -0.05) is 0 Å². The van der Waals surface area contributed by atoms with Crippen LogP contribution in [0.15, 0.2) is 30.7 Å². The minimum absolute atomic E-state index is 0.282. The van der Waals surface area contributed by atoms with Crippen LogP contribution in [-0.4, -0.2) is 15.9 Å². The predicted octanol–water partition coefficient (Wildman–Crippen LogP) is 1.93. The van der Waals surface area contributed by atoms with E-state index in [0.29, 0.717) is 5.69 Å². The molecule has 5 heteroatoms. The van der Waals surface area contributed by atoms with Crippen molar-refractivity contribution >= 4 is 17.3 Å². The van der Waals surface area contributed by atoms with Crippen LogP contribution < -0.4 is 11.1 Å². The first-order valence-corrected chi connectivity index (χ1v) is 5.52. The van der Waals surface area contributed by atoms with Crippen molar-refractivity contribution in [1.82, 2.24) is 9.97 Å². The number of anilines is 2. The molecule has 0 fully saturated rings. The molecule has 0 unspecified atom stereocenters. The second-order valence-corrected chi connectivity index (χ2v) is 4.07. The summed E-state index contributed by atoms with van der Waals surface area (Å²) in [4.78, 5) is 19.7. The van der Waals surface area contributed by atoms with Crippen molar-refractivity contribution in [3.63, 3.8) is 0 Å². The zero-order valence-corrected chi connectivity index (χ0v) is 10.3. The summed E-state index contributed by atoms with van der Waals surface area (Å²) in [6.07, 6.45) is 4.43. The summed E-state index contributed by atoms with van der Waals surface area (Å²) in [5.41, 5.74) is 9.37. The Hall–Kier alpha value is -2.43. The first-order chi connectivity index (χ1) is 8.58. The second kappa shape index (κ2) is 4.83. The van der Waals surface area contributed by atoms with Gasteiger partial charge in [-0.25, -0.2) is 4.98 Å². The molecule has 5 nitrogen and oxygen atoms in total. The second-order valence-electron chi connectivity index (χ2n) is 4.07. The van der Waals surface area contributed by atoms with Crippen LogP contribution in [0.1, 0.15) is 21.6 Å². The molecule has 0 atom stereocenters. The Labute approximate surface area is 105 Å². The van der Waals surface area contributed by atoms with E-state index in [1.54, 1.807) is 0 Å². The molecule has 0 radical (unpaired) electrons. The lowest BCUT2D eigenvalue weighted by Gasteiger charge is -2.10. The number of amides is 1. The maximum atomic E-state index is 11.9. The zero-order valence-electron chi connectivity index (χ0n) is 10.3. The molecule has 1 aromatic heterocycles. The third-order valence-corrected chi connectivity index (χ3v) is 2.66. The summed E-state index contributed by atoms with van der Waals surface area (Å²) >= 11 is 0. The van der Waals surface area contributed by atoms with Crippen LogP contribution in [0.5, 0.6) is 0 Å². The molecule has 92 valence electrons. The molecular formula is C13H14N4O. The van der Waals surface area contributed by atoms with Crippen LogP contribution in [0.2, 0.25) is 0 Å². The van der Waals surface area contributed by atoms with Gasteiger partial charge in [-0.15, -0.1) is 0 Å². The molecular weight excluding hydrogens is 228 g/mol. The number of hydrogen-bond acceptors (Lipinski definition) is 4. The molecule has 0 saturated carbocycles. The molecule has 0 saturated heterocycles. The van der Waals surface area contributed by atoms with Gasteiger partial charge in [0.1, 0.15) is 5.69 Å². The van der Waals surface area contributed by atoms with Crippen LogP contribution in [0, 0.1) is 13.8 Å². The Kier molecular flexibility index (Phi) is 3.23. The molecule has 0 aliphatic carbocycles. The molecule has 0 aliphatic heterocycles. The lowest BCUT2D eigenvalue weighted by Crippen LogP contribution is -2.14. The lowest BCUT2D eigenvalue weighted by atomic mass is 10.1. The quantitative estimate of drug-likeness (QED) is 0.788. The van der Waals surface area contributed by atoms with Crippen molar-refractivity contribution in [2.45, 2.75) is 13.8 Å². The minimum atomic E-state index is -0.282. The van der Waals surface area contributed by atoms with Gasteiger partial charge in [-0.3, -0.25) is 9.78 Å². The molecule has 2 aromatic rings. The van der Waals surface area contributed by atoms with E-state index in [-0.39, 0.29) is 11.6 Å².